The number of carbonyl (C=O) groups is 1. The van der Waals surface area contributed by atoms with Crippen molar-refractivity contribution in [3.05, 3.63) is 55.4 Å². The van der Waals surface area contributed by atoms with Gasteiger partial charge in [0.05, 0.1) is 21.8 Å². The number of carbonyl (C=O) groups excluding carboxylic acids is 1. The number of hydrogen-bond acceptors (Lipinski definition) is 4. The fraction of sp³-hybridized carbons (Fsp3) is 0.176. The third kappa shape index (κ3) is 4.40. The van der Waals surface area contributed by atoms with E-state index in [2.05, 4.69) is 4.99 Å². The Morgan fingerprint density at radius 1 is 1.40 bits per heavy atom. The van der Waals surface area contributed by atoms with Gasteiger partial charge in [-0.3, -0.25) is 4.79 Å². The Labute approximate surface area is 162 Å². The maximum absolute atomic E-state index is 12.2. The highest BCUT2D eigenvalue weighted by Crippen LogP contribution is 2.29. The maximum atomic E-state index is 12.2. The number of rotatable bonds is 5. The van der Waals surface area contributed by atoms with Crippen LogP contribution >= 0.6 is 45.9 Å². The number of aromatic nitrogens is 1. The summed E-state index contributed by atoms with van der Waals surface area (Å²) < 4.78 is 7.92. The van der Waals surface area contributed by atoms with E-state index in [4.69, 9.17) is 27.9 Å². The zero-order chi connectivity index (χ0) is 17.8. The summed E-state index contributed by atoms with van der Waals surface area (Å²) >= 11 is 15.4. The minimum absolute atomic E-state index is 0.326. The molecule has 0 radical (unpaired) electrons. The van der Waals surface area contributed by atoms with E-state index in [1.807, 2.05) is 28.1 Å². The molecule has 0 fully saturated rings. The lowest BCUT2D eigenvalue weighted by Gasteiger charge is -2.05. The molecule has 0 bridgehead atoms. The first-order valence-corrected chi connectivity index (χ1v) is 9.81. The third-order valence-corrected chi connectivity index (χ3v) is 5.72. The molecule has 4 nitrogen and oxygen atoms in total. The summed E-state index contributed by atoms with van der Waals surface area (Å²) in [7, 11) is 1.62. The summed E-state index contributed by atoms with van der Waals surface area (Å²) in [6.45, 7) is 1.02. The minimum Gasteiger partial charge on any atom is -0.383 e. The van der Waals surface area contributed by atoms with Gasteiger partial charge in [-0.25, -0.2) is 0 Å². The summed E-state index contributed by atoms with van der Waals surface area (Å²) in [5, 5.41) is 3.03. The predicted octanol–water partition coefficient (Wildman–Crippen LogP) is 4.86. The molecule has 25 heavy (non-hydrogen) atoms. The third-order valence-electron chi connectivity index (χ3n) is 3.35. The van der Waals surface area contributed by atoms with E-state index in [-0.39, 0.29) is 5.91 Å². The molecule has 0 aliphatic heterocycles. The largest absolute Gasteiger partial charge is 0.383 e. The molecule has 0 N–H and O–H groups in total. The molecule has 2 heterocycles. The number of hydrogen-bond donors (Lipinski definition) is 0. The summed E-state index contributed by atoms with van der Waals surface area (Å²) in [5.41, 5.74) is 0.807. The topological polar surface area (TPSA) is 43.6 Å². The van der Waals surface area contributed by atoms with Crippen LogP contribution in [0.25, 0.3) is 16.3 Å². The maximum Gasteiger partial charge on any atom is 0.272 e. The Morgan fingerprint density at radius 2 is 2.24 bits per heavy atom. The number of ether oxygens (including phenoxy) is 1. The predicted molar refractivity (Wildman–Crippen MR) is 106 cm³/mol. The Morgan fingerprint density at radius 3 is 2.96 bits per heavy atom. The fourth-order valence-corrected chi connectivity index (χ4v) is 4.74. The van der Waals surface area contributed by atoms with Crippen molar-refractivity contribution in [1.29, 1.82) is 0 Å². The van der Waals surface area contributed by atoms with E-state index in [0.717, 1.165) is 15.1 Å². The molecule has 0 atom stereocenters. The number of thiophene rings is 1. The lowest BCUT2D eigenvalue weighted by atomic mass is 10.3. The van der Waals surface area contributed by atoms with Gasteiger partial charge in [0.25, 0.3) is 5.91 Å². The van der Waals surface area contributed by atoms with E-state index in [0.29, 0.717) is 28.0 Å². The van der Waals surface area contributed by atoms with Crippen molar-refractivity contribution in [1.82, 2.24) is 4.57 Å². The van der Waals surface area contributed by atoms with Crippen LogP contribution in [0.4, 0.5) is 0 Å². The monoisotopic (exact) mass is 412 g/mol. The Bertz CT molecular complexity index is 988. The van der Waals surface area contributed by atoms with Gasteiger partial charge >= 0.3 is 0 Å². The van der Waals surface area contributed by atoms with Crippen molar-refractivity contribution in [3.8, 4) is 0 Å². The van der Waals surface area contributed by atoms with Gasteiger partial charge in [-0.05, 0) is 29.7 Å². The first-order valence-electron chi connectivity index (χ1n) is 7.36. The number of nitrogens with zero attached hydrogens (tertiary/aromatic N) is 2. The number of fused-ring (bicyclic) bond motifs is 1. The van der Waals surface area contributed by atoms with E-state index < -0.39 is 0 Å². The van der Waals surface area contributed by atoms with Crippen LogP contribution in [0, 0.1) is 0 Å². The van der Waals surface area contributed by atoms with Crippen molar-refractivity contribution in [2.24, 2.45) is 4.99 Å². The normalized spacial score (nSPS) is 12.5. The second kappa shape index (κ2) is 8.29. The molecular weight excluding hydrogens is 399 g/mol. The first kappa shape index (κ1) is 18.4. The van der Waals surface area contributed by atoms with Crippen LogP contribution < -0.4 is 4.80 Å². The van der Waals surface area contributed by atoms with E-state index >= 15 is 0 Å². The van der Waals surface area contributed by atoms with Gasteiger partial charge in [0.1, 0.15) is 0 Å². The first-order chi connectivity index (χ1) is 12.1. The standard InChI is InChI=1S/C17H14Cl2N2O2S2/c1-23-7-6-21-16-13(19)9-11(18)10-14(16)25-17(21)20-15(22)5-4-12-3-2-8-24-12/h2-5,8-10H,6-7H2,1H3/b5-4+,20-17?. The zero-order valence-corrected chi connectivity index (χ0v) is 16.4. The highest BCUT2D eigenvalue weighted by atomic mass is 35.5. The summed E-state index contributed by atoms with van der Waals surface area (Å²) in [6, 6.07) is 7.38. The van der Waals surface area contributed by atoms with Gasteiger partial charge in [-0.15, -0.1) is 11.3 Å². The highest BCUT2D eigenvalue weighted by Gasteiger charge is 2.12. The number of methoxy groups -OCH3 is 1. The molecule has 1 amide bonds. The second-order valence-electron chi connectivity index (χ2n) is 5.06. The Balaban J connectivity index is 2.04. The lowest BCUT2D eigenvalue weighted by molar-refractivity contribution is -0.113. The molecule has 130 valence electrons. The fourth-order valence-electron chi connectivity index (χ4n) is 2.28. The Kier molecular flexibility index (Phi) is 6.09. The van der Waals surface area contributed by atoms with Gasteiger partial charge in [-0.2, -0.15) is 4.99 Å². The molecule has 0 saturated carbocycles. The van der Waals surface area contributed by atoms with Crippen LogP contribution in [0.3, 0.4) is 0 Å². The van der Waals surface area contributed by atoms with Crippen molar-refractivity contribution < 1.29 is 9.53 Å². The van der Waals surface area contributed by atoms with Crippen LogP contribution in [-0.4, -0.2) is 24.2 Å². The number of halogens is 2. The summed E-state index contributed by atoms with van der Waals surface area (Å²) in [6.07, 6.45) is 3.22. The molecular formula is C17H14Cl2N2O2S2. The van der Waals surface area contributed by atoms with Crippen LogP contribution in [-0.2, 0) is 16.1 Å². The molecule has 0 unspecified atom stereocenters. The van der Waals surface area contributed by atoms with Gasteiger partial charge in [0.2, 0.25) is 0 Å². The molecule has 3 aromatic rings. The zero-order valence-electron chi connectivity index (χ0n) is 13.2. The summed E-state index contributed by atoms with van der Waals surface area (Å²) in [5.74, 6) is -0.326. The average molecular weight is 413 g/mol. The van der Waals surface area contributed by atoms with Crippen molar-refractivity contribution >= 4 is 68.1 Å². The Hall–Kier alpha value is -1.44. The van der Waals surface area contributed by atoms with Gasteiger partial charge in [0.15, 0.2) is 4.80 Å². The smallest absolute Gasteiger partial charge is 0.272 e. The lowest BCUT2D eigenvalue weighted by Crippen LogP contribution is -2.19. The minimum atomic E-state index is -0.326. The molecule has 8 heteroatoms. The van der Waals surface area contributed by atoms with Gasteiger partial charge in [-0.1, -0.05) is 40.6 Å². The molecule has 2 aromatic heterocycles. The quantitative estimate of drug-likeness (QED) is 0.561. The molecule has 0 aliphatic rings. The molecule has 0 spiro atoms. The van der Waals surface area contributed by atoms with Crippen LogP contribution in [0.2, 0.25) is 10.0 Å². The number of amides is 1. The summed E-state index contributed by atoms with van der Waals surface area (Å²) in [4.78, 5) is 18.0. The van der Waals surface area contributed by atoms with Crippen molar-refractivity contribution in [3.63, 3.8) is 0 Å². The number of thiazole rings is 1. The van der Waals surface area contributed by atoms with Crippen molar-refractivity contribution in [2.75, 3.05) is 13.7 Å². The van der Waals surface area contributed by atoms with Gasteiger partial charge < -0.3 is 9.30 Å². The van der Waals surface area contributed by atoms with Crippen LogP contribution in [0.5, 0.6) is 0 Å². The molecule has 3 rings (SSSR count). The molecule has 0 saturated heterocycles. The van der Waals surface area contributed by atoms with E-state index in [1.165, 1.54) is 17.4 Å². The molecule has 0 aliphatic carbocycles. The van der Waals surface area contributed by atoms with E-state index in [9.17, 15) is 4.79 Å². The highest BCUT2D eigenvalue weighted by molar-refractivity contribution is 7.16. The number of benzene rings is 1. The second-order valence-corrected chi connectivity index (χ2v) is 7.89. The van der Waals surface area contributed by atoms with Crippen molar-refractivity contribution in [2.45, 2.75) is 6.54 Å². The molecule has 1 aromatic carbocycles. The SMILES string of the molecule is COCCn1c(=NC(=O)/C=C/c2cccs2)sc2cc(Cl)cc(Cl)c21. The van der Waals surface area contributed by atoms with Crippen LogP contribution in [0.1, 0.15) is 4.88 Å². The van der Waals surface area contributed by atoms with Crippen LogP contribution in [0.15, 0.2) is 40.7 Å². The van der Waals surface area contributed by atoms with Gasteiger partial charge in [0, 0.05) is 29.6 Å². The van der Waals surface area contributed by atoms with E-state index in [1.54, 1.807) is 30.6 Å². The average Bonchev–Trinajstić information content (AvgIpc) is 3.18.